The van der Waals surface area contributed by atoms with Crippen molar-refractivity contribution in [1.29, 1.82) is 0 Å². The van der Waals surface area contributed by atoms with Gasteiger partial charge in [0.25, 0.3) is 11.6 Å². The van der Waals surface area contributed by atoms with Gasteiger partial charge in [0, 0.05) is 18.7 Å². The Morgan fingerprint density at radius 3 is 2.52 bits per heavy atom. The highest BCUT2D eigenvalue weighted by molar-refractivity contribution is 6.33. The summed E-state index contributed by atoms with van der Waals surface area (Å²) < 4.78 is 1.55. The number of carbonyl (C=O) groups is 1. The Labute approximate surface area is 171 Å². The normalized spacial score (nSPS) is 11.8. The van der Waals surface area contributed by atoms with Gasteiger partial charge in [-0.15, -0.1) is 0 Å². The summed E-state index contributed by atoms with van der Waals surface area (Å²) in [6, 6.07) is 15.1. The Balaban J connectivity index is 1.66. The van der Waals surface area contributed by atoms with Crippen LogP contribution >= 0.6 is 11.6 Å². The first kappa shape index (κ1) is 20.5. The number of amides is 1. The lowest BCUT2D eigenvalue weighted by molar-refractivity contribution is -0.384. The molecule has 0 aliphatic carbocycles. The van der Waals surface area contributed by atoms with E-state index < -0.39 is 16.9 Å². The van der Waals surface area contributed by atoms with E-state index in [2.05, 4.69) is 10.4 Å². The second-order valence-corrected chi connectivity index (χ2v) is 6.83. The van der Waals surface area contributed by atoms with E-state index in [-0.39, 0.29) is 22.9 Å². The summed E-state index contributed by atoms with van der Waals surface area (Å²) in [6.45, 7) is 2.05. The maximum absolute atomic E-state index is 12.6. The summed E-state index contributed by atoms with van der Waals surface area (Å²) in [4.78, 5) is 22.8. The summed E-state index contributed by atoms with van der Waals surface area (Å²) in [5.41, 5.74) is 2.11. The molecule has 150 valence electrons. The van der Waals surface area contributed by atoms with E-state index >= 15 is 0 Å². The lowest BCUT2D eigenvalue weighted by atomic mass is 10.1. The summed E-state index contributed by atoms with van der Waals surface area (Å²) >= 11 is 6.37. The standard InChI is InChI=1S/C20H19ClN4O4/c1-13-18(19(21)24(23-13)12-14-5-3-2-4-6-14)20(27)22-11-17(26)15-7-9-16(10-8-15)25(28)29/h2-10,17,26H,11-12H2,1H3,(H,22,27)/t17-/m1/s1. The number of nitrogens with one attached hydrogen (secondary N) is 1. The SMILES string of the molecule is Cc1nn(Cc2ccccc2)c(Cl)c1C(=O)NC[C@@H](O)c1ccc([N+](=O)[O-])cc1. The number of benzene rings is 2. The van der Waals surface area contributed by atoms with Gasteiger partial charge in [0.1, 0.15) is 5.15 Å². The molecular formula is C20H19ClN4O4. The van der Waals surface area contributed by atoms with E-state index in [1.54, 1.807) is 11.6 Å². The summed E-state index contributed by atoms with van der Waals surface area (Å²) in [5, 5.41) is 28.1. The zero-order valence-electron chi connectivity index (χ0n) is 15.6. The van der Waals surface area contributed by atoms with Crippen LogP contribution in [0.2, 0.25) is 5.15 Å². The van der Waals surface area contributed by atoms with E-state index in [1.165, 1.54) is 24.3 Å². The Hall–Kier alpha value is -3.23. The quantitative estimate of drug-likeness (QED) is 0.455. The zero-order chi connectivity index (χ0) is 21.0. The van der Waals surface area contributed by atoms with Crippen molar-refractivity contribution in [2.45, 2.75) is 19.6 Å². The molecule has 9 heteroatoms. The summed E-state index contributed by atoms with van der Waals surface area (Å²) in [7, 11) is 0. The molecule has 3 aromatic rings. The van der Waals surface area contributed by atoms with Crippen molar-refractivity contribution in [2.24, 2.45) is 0 Å². The van der Waals surface area contributed by atoms with Crippen molar-refractivity contribution in [2.75, 3.05) is 6.54 Å². The predicted molar refractivity (Wildman–Crippen MR) is 108 cm³/mol. The fraction of sp³-hybridized carbons (Fsp3) is 0.200. The Kier molecular flexibility index (Phi) is 6.26. The number of aromatic nitrogens is 2. The smallest absolute Gasteiger partial charge is 0.269 e. The number of aryl methyl sites for hydroxylation is 1. The van der Waals surface area contributed by atoms with E-state index in [0.717, 1.165) is 5.56 Å². The van der Waals surface area contributed by atoms with Gasteiger partial charge < -0.3 is 10.4 Å². The molecule has 1 atom stereocenters. The molecule has 0 aliphatic heterocycles. The highest BCUT2D eigenvalue weighted by Crippen LogP contribution is 2.22. The first-order chi connectivity index (χ1) is 13.9. The van der Waals surface area contributed by atoms with Crippen molar-refractivity contribution < 1.29 is 14.8 Å². The third kappa shape index (κ3) is 4.79. The average Bonchev–Trinajstić information content (AvgIpc) is 2.99. The second kappa shape index (κ2) is 8.85. The van der Waals surface area contributed by atoms with Crippen LogP contribution < -0.4 is 5.32 Å². The van der Waals surface area contributed by atoms with Gasteiger partial charge in [0.05, 0.1) is 28.8 Å². The summed E-state index contributed by atoms with van der Waals surface area (Å²) in [6.07, 6.45) is -1.02. The van der Waals surface area contributed by atoms with Gasteiger partial charge in [-0.25, -0.2) is 4.68 Å². The topological polar surface area (TPSA) is 110 Å². The van der Waals surface area contributed by atoms with Crippen molar-refractivity contribution >= 4 is 23.2 Å². The molecule has 0 spiro atoms. The molecule has 2 aromatic carbocycles. The van der Waals surface area contributed by atoms with Crippen molar-refractivity contribution in [3.8, 4) is 0 Å². The number of aliphatic hydroxyl groups excluding tert-OH is 1. The van der Waals surface area contributed by atoms with Crippen LogP contribution in [0.5, 0.6) is 0 Å². The van der Waals surface area contributed by atoms with Crippen LogP contribution in [-0.4, -0.2) is 32.3 Å². The molecule has 8 nitrogen and oxygen atoms in total. The van der Waals surface area contributed by atoms with Crippen LogP contribution in [0.25, 0.3) is 0 Å². The monoisotopic (exact) mass is 414 g/mol. The number of hydrogen-bond donors (Lipinski definition) is 2. The molecule has 0 radical (unpaired) electrons. The first-order valence-electron chi connectivity index (χ1n) is 8.84. The minimum atomic E-state index is -1.02. The predicted octanol–water partition coefficient (Wildman–Crippen LogP) is 3.26. The van der Waals surface area contributed by atoms with E-state index in [9.17, 15) is 20.0 Å². The summed E-state index contributed by atoms with van der Waals surface area (Å²) in [5.74, 6) is -0.451. The number of nitro groups is 1. The number of halogens is 1. The second-order valence-electron chi connectivity index (χ2n) is 6.47. The van der Waals surface area contributed by atoms with Crippen molar-refractivity contribution in [3.05, 3.63) is 92.2 Å². The maximum Gasteiger partial charge on any atom is 0.269 e. The zero-order valence-corrected chi connectivity index (χ0v) is 16.3. The van der Waals surface area contributed by atoms with Crippen LogP contribution in [0.1, 0.15) is 33.3 Å². The number of nitrogens with zero attached hydrogens (tertiary/aromatic N) is 3. The fourth-order valence-corrected chi connectivity index (χ4v) is 3.21. The largest absolute Gasteiger partial charge is 0.387 e. The number of hydrogen-bond acceptors (Lipinski definition) is 5. The first-order valence-corrected chi connectivity index (χ1v) is 9.22. The van der Waals surface area contributed by atoms with Gasteiger partial charge >= 0.3 is 0 Å². The van der Waals surface area contributed by atoms with Crippen molar-refractivity contribution in [3.63, 3.8) is 0 Å². The molecule has 1 heterocycles. The van der Waals surface area contributed by atoms with Gasteiger partial charge in [-0.1, -0.05) is 41.9 Å². The lowest BCUT2D eigenvalue weighted by Gasteiger charge is -2.12. The molecular weight excluding hydrogens is 396 g/mol. The third-order valence-corrected chi connectivity index (χ3v) is 4.80. The van der Waals surface area contributed by atoms with Gasteiger partial charge in [-0.05, 0) is 30.2 Å². The van der Waals surface area contributed by atoms with Crippen LogP contribution in [0.3, 0.4) is 0 Å². The van der Waals surface area contributed by atoms with Crippen molar-refractivity contribution in [1.82, 2.24) is 15.1 Å². The Bertz CT molecular complexity index is 1020. The Morgan fingerprint density at radius 2 is 1.90 bits per heavy atom. The van der Waals surface area contributed by atoms with E-state index in [1.807, 2.05) is 30.3 Å². The van der Waals surface area contributed by atoms with Crippen LogP contribution in [0.15, 0.2) is 54.6 Å². The molecule has 1 aromatic heterocycles. The van der Waals surface area contributed by atoms with Crippen LogP contribution in [0.4, 0.5) is 5.69 Å². The third-order valence-electron chi connectivity index (χ3n) is 4.41. The van der Waals surface area contributed by atoms with Crippen LogP contribution in [-0.2, 0) is 6.54 Å². The number of non-ortho nitro benzene ring substituents is 1. The van der Waals surface area contributed by atoms with Gasteiger partial charge in [0.15, 0.2) is 0 Å². The fourth-order valence-electron chi connectivity index (χ4n) is 2.89. The molecule has 0 aliphatic rings. The molecule has 0 unspecified atom stereocenters. The average molecular weight is 415 g/mol. The molecule has 0 fully saturated rings. The number of aliphatic hydroxyl groups is 1. The minimum Gasteiger partial charge on any atom is -0.387 e. The minimum absolute atomic E-state index is 0.0711. The number of carbonyl (C=O) groups excluding carboxylic acids is 1. The molecule has 0 saturated carbocycles. The van der Waals surface area contributed by atoms with E-state index in [0.29, 0.717) is 17.8 Å². The molecule has 2 N–H and O–H groups in total. The number of rotatable bonds is 7. The molecule has 0 bridgehead atoms. The highest BCUT2D eigenvalue weighted by atomic mass is 35.5. The van der Waals surface area contributed by atoms with Crippen LogP contribution in [0, 0.1) is 17.0 Å². The molecule has 3 rings (SSSR count). The lowest BCUT2D eigenvalue weighted by Crippen LogP contribution is -2.28. The van der Waals surface area contributed by atoms with E-state index in [4.69, 9.17) is 11.6 Å². The molecule has 29 heavy (non-hydrogen) atoms. The Morgan fingerprint density at radius 1 is 1.24 bits per heavy atom. The molecule has 0 saturated heterocycles. The molecule has 1 amide bonds. The van der Waals surface area contributed by atoms with Gasteiger partial charge in [0.2, 0.25) is 0 Å². The number of nitro benzene ring substituents is 1. The van der Waals surface area contributed by atoms with Gasteiger partial charge in [-0.2, -0.15) is 5.10 Å². The van der Waals surface area contributed by atoms with Gasteiger partial charge in [-0.3, -0.25) is 14.9 Å². The maximum atomic E-state index is 12.6. The highest BCUT2D eigenvalue weighted by Gasteiger charge is 2.21.